The molecular weight excluding hydrogens is 207 g/mol. The van der Waals surface area contributed by atoms with Crippen molar-refractivity contribution in [3.05, 3.63) is 12.7 Å². The van der Waals surface area contributed by atoms with Crippen LogP contribution in [0, 0.1) is 0 Å². The fourth-order valence-corrected chi connectivity index (χ4v) is 0.880. The van der Waals surface area contributed by atoms with E-state index in [0.29, 0.717) is 0 Å². The van der Waals surface area contributed by atoms with Gasteiger partial charge in [-0.25, -0.2) is 8.42 Å². The molecule has 13 heavy (non-hydrogen) atoms. The molecule has 7 heteroatoms. The Morgan fingerprint density at radius 2 is 2.15 bits per heavy atom. The number of hydrogen-bond acceptors (Lipinski definition) is 5. The first-order valence-corrected chi connectivity index (χ1v) is 4.77. The maximum atomic E-state index is 10.1. The van der Waals surface area contributed by atoms with Gasteiger partial charge in [-0.1, -0.05) is 6.08 Å². The van der Waals surface area contributed by atoms with E-state index in [1.807, 2.05) is 0 Å². The van der Waals surface area contributed by atoms with Crippen LogP contribution in [-0.2, 0) is 14.9 Å². The van der Waals surface area contributed by atoms with Gasteiger partial charge in [0.15, 0.2) is 0 Å². The Hall–Kier alpha value is 0.570. The largest absolute Gasteiger partial charge is 1.00 e. The average molecular weight is 218 g/mol. The van der Waals surface area contributed by atoms with E-state index in [4.69, 9.17) is 9.84 Å². The minimum atomic E-state index is -4.59. The van der Waals surface area contributed by atoms with E-state index >= 15 is 0 Å². The second-order valence-electron chi connectivity index (χ2n) is 2.10. The third-order valence-corrected chi connectivity index (χ3v) is 1.98. The van der Waals surface area contributed by atoms with E-state index in [9.17, 15) is 13.0 Å². The van der Waals surface area contributed by atoms with Crippen LogP contribution < -0.4 is 29.6 Å². The van der Waals surface area contributed by atoms with E-state index in [2.05, 4.69) is 6.58 Å². The molecule has 0 amide bonds. The molecule has 1 unspecified atom stereocenters. The normalized spacial score (nSPS) is 13.1. The fourth-order valence-electron chi connectivity index (χ4n) is 0.495. The summed E-state index contributed by atoms with van der Waals surface area (Å²) < 4.78 is 35.1. The minimum Gasteiger partial charge on any atom is -0.746 e. The third-order valence-electron chi connectivity index (χ3n) is 1.08. The van der Waals surface area contributed by atoms with Crippen molar-refractivity contribution in [3.63, 3.8) is 0 Å². The van der Waals surface area contributed by atoms with E-state index < -0.39 is 15.6 Å². The Balaban J connectivity index is 0. The van der Waals surface area contributed by atoms with Gasteiger partial charge in [0.2, 0.25) is 0 Å². The number of aliphatic hydroxyl groups is 1. The summed E-state index contributed by atoms with van der Waals surface area (Å²) in [4.78, 5) is 0. The molecule has 5 nitrogen and oxygen atoms in total. The molecule has 1 N–H and O–H groups in total. The van der Waals surface area contributed by atoms with Gasteiger partial charge in [0.25, 0.3) is 0 Å². The standard InChI is InChI=1S/C6H12O5S.Na/c1-2-4-11-5-3-6(7)12(8,9)10;/h2,6-7H,1,3-5H2,(H,8,9,10);/q;+1/p-1. The van der Waals surface area contributed by atoms with Crippen LogP contribution in [0.4, 0.5) is 0 Å². The van der Waals surface area contributed by atoms with Gasteiger partial charge in [-0.2, -0.15) is 0 Å². The molecule has 0 aromatic carbocycles. The zero-order chi connectivity index (χ0) is 9.61. The van der Waals surface area contributed by atoms with Crippen LogP contribution in [0.2, 0.25) is 0 Å². The van der Waals surface area contributed by atoms with Crippen LogP contribution >= 0.6 is 0 Å². The molecule has 0 heterocycles. The van der Waals surface area contributed by atoms with E-state index in [1.54, 1.807) is 0 Å². The molecule has 0 fully saturated rings. The van der Waals surface area contributed by atoms with Crippen LogP contribution in [0.15, 0.2) is 12.7 Å². The van der Waals surface area contributed by atoms with Crippen LogP contribution in [0.25, 0.3) is 0 Å². The van der Waals surface area contributed by atoms with Gasteiger partial charge in [0, 0.05) is 6.42 Å². The zero-order valence-electron chi connectivity index (χ0n) is 7.47. The quantitative estimate of drug-likeness (QED) is 0.216. The number of rotatable bonds is 6. The predicted octanol–water partition coefficient (Wildman–Crippen LogP) is -3.55. The number of hydrogen-bond donors (Lipinski definition) is 1. The molecule has 0 saturated carbocycles. The van der Waals surface area contributed by atoms with Gasteiger partial charge >= 0.3 is 29.6 Å². The summed E-state index contributed by atoms with van der Waals surface area (Å²) in [5.74, 6) is 0. The fraction of sp³-hybridized carbons (Fsp3) is 0.667. The Morgan fingerprint density at radius 3 is 2.54 bits per heavy atom. The Labute approximate surface area is 99.8 Å². The number of aliphatic hydroxyl groups excluding tert-OH is 1. The van der Waals surface area contributed by atoms with Crippen LogP contribution in [0.3, 0.4) is 0 Å². The third kappa shape index (κ3) is 8.89. The molecular formula is C6H11NaO5S. The number of ether oxygens (including phenoxy) is 1. The van der Waals surface area contributed by atoms with Crippen molar-refractivity contribution in [2.45, 2.75) is 11.9 Å². The van der Waals surface area contributed by atoms with Crippen molar-refractivity contribution in [1.82, 2.24) is 0 Å². The Kier molecular flexibility index (Phi) is 9.77. The van der Waals surface area contributed by atoms with E-state index in [0.717, 1.165) is 0 Å². The molecule has 0 aliphatic rings. The predicted molar refractivity (Wildman–Crippen MR) is 41.3 cm³/mol. The summed E-state index contributed by atoms with van der Waals surface area (Å²) in [6, 6.07) is 0. The molecule has 0 aliphatic heterocycles. The molecule has 0 rings (SSSR count). The maximum Gasteiger partial charge on any atom is 1.00 e. The Morgan fingerprint density at radius 1 is 1.62 bits per heavy atom. The van der Waals surface area contributed by atoms with Crippen molar-refractivity contribution in [3.8, 4) is 0 Å². The van der Waals surface area contributed by atoms with Crippen LogP contribution in [0.1, 0.15) is 6.42 Å². The van der Waals surface area contributed by atoms with E-state index in [1.165, 1.54) is 6.08 Å². The second kappa shape index (κ2) is 7.93. The molecule has 0 aromatic heterocycles. The van der Waals surface area contributed by atoms with Gasteiger partial charge in [0.1, 0.15) is 15.6 Å². The van der Waals surface area contributed by atoms with Gasteiger partial charge in [-0.15, -0.1) is 6.58 Å². The van der Waals surface area contributed by atoms with Crippen molar-refractivity contribution < 1.29 is 52.4 Å². The zero-order valence-corrected chi connectivity index (χ0v) is 10.3. The molecule has 1 atom stereocenters. The summed E-state index contributed by atoms with van der Waals surface area (Å²) in [5, 5.41) is 8.68. The van der Waals surface area contributed by atoms with Gasteiger partial charge in [0.05, 0.1) is 13.2 Å². The molecule has 0 saturated heterocycles. The topological polar surface area (TPSA) is 86.7 Å². The summed E-state index contributed by atoms with van der Waals surface area (Å²) in [6.45, 7) is 3.65. The first kappa shape index (κ1) is 16.0. The molecule has 0 radical (unpaired) electrons. The first-order valence-electron chi connectivity index (χ1n) is 3.30. The summed E-state index contributed by atoms with van der Waals surface area (Å²) in [7, 11) is -4.59. The summed E-state index contributed by atoms with van der Waals surface area (Å²) in [5.41, 5.74) is -1.87. The SMILES string of the molecule is C=CCOCCC(O)S(=O)(=O)[O-].[Na+]. The molecule has 0 spiro atoms. The average Bonchev–Trinajstić information content (AvgIpc) is 1.96. The molecule has 0 bridgehead atoms. The van der Waals surface area contributed by atoms with E-state index in [-0.39, 0.29) is 49.2 Å². The van der Waals surface area contributed by atoms with Crippen molar-refractivity contribution in [2.24, 2.45) is 0 Å². The monoisotopic (exact) mass is 218 g/mol. The molecule has 72 valence electrons. The van der Waals surface area contributed by atoms with Gasteiger partial charge < -0.3 is 14.4 Å². The van der Waals surface area contributed by atoms with Crippen molar-refractivity contribution in [1.29, 1.82) is 0 Å². The molecule has 0 aliphatic carbocycles. The van der Waals surface area contributed by atoms with Crippen LogP contribution in [0.5, 0.6) is 0 Å². The first-order chi connectivity index (χ1) is 5.48. The summed E-state index contributed by atoms with van der Waals surface area (Å²) in [6.07, 6.45) is 1.28. The van der Waals surface area contributed by atoms with Crippen LogP contribution in [-0.4, -0.2) is 36.7 Å². The molecule has 0 aromatic rings. The smallest absolute Gasteiger partial charge is 0.746 e. The van der Waals surface area contributed by atoms with Crippen molar-refractivity contribution in [2.75, 3.05) is 13.2 Å². The Bertz CT molecular complexity index is 225. The van der Waals surface area contributed by atoms with Crippen molar-refractivity contribution >= 4 is 10.1 Å². The van der Waals surface area contributed by atoms with Gasteiger partial charge in [-0.3, -0.25) is 0 Å². The van der Waals surface area contributed by atoms with Gasteiger partial charge in [-0.05, 0) is 0 Å². The minimum absolute atomic E-state index is 0. The maximum absolute atomic E-state index is 10.1. The summed E-state index contributed by atoms with van der Waals surface area (Å²) >= 11 is 0. The second-order valence-corrected chi connectivity index (χ2v) is 3.63.